The molecule has 0 heterocycles. The molecule has 0 aromatic heterocycles. The zero-order valence-electron chi connectivity index (χ0n) is 15.8. The summed E-state index contributed by atoms with van der Waals surface area (Å²) < 4.78 is 0. The molecule has 0 bridgehead atoms. The van der Waals surface area contributed by atoms with E-state index in [2.05, 4.69) is 23.2 Å². The molecule has 0 aliphatic rings. The smallest absolute Gasteiger partial charge is 0.260 e. The highest BCUT2D eigenvalue weighted by atomic mass is 16.1. The molecule has 4 aromatic rings. The minimum absolute atomic E-state index is 0.237. The second-order valence-electron chi connectivity index (χ2n) is 6.89. The number of rotatable bonds is 4. The van der Waals surface area contributed by atoms with Crippen LogP contribution in [0.2, 0.25) is 0 Å². The van der Waals surface area contributed by atoms with Gasteiger partial charge in [-0.25, -0.2) is 0 Å². The van der Waals surface area contributed by atoms with Gasteiger partial charge in [0.15, 0.2) is 5.96 Å². The average Bonchev–Trinajstić information content (AvgIpc) is 2.73. The predicted octanol–water partition coefficient (Wildman–Crippen LogP) is 4.59. The molecule has 1 unspecified atom stereocenters. The van der Waals surface area contributed by atoms with E-state index in [-0.39, 0.29) is 5.96 Å². The summed E-state index contributed by atoms with van der Waals surface area (Å²) >= 11 is 0. The summed E-state index contributed by atoms with van der Waals surface area (Å²) in [5, 5.41) is 4.44. The first-order chi connectivity index (χ1) is 14.1. The lowest BCUT2D eigenvalue weighted by atomic mass is 9.94. The third-order valence-electron chi connectivity index (χ3n) is 4.93. The normalized spacial score (nSPS) is 12.3. The van der Waals surface area contributed by atoms with Crippen LogP contribution in [-0.2, 0) is 4.79 Å². The fourth-order valence-corrected chi connectivity index (χ4v) is 3.53. The lowest BCUT2D eigenvalue weighted by molar-refractivity contribution is -0.118. The summed E-state index contributed by atoms with van der Waals surface area (Å²) in [6.45, 7) is 0. The number of benzene rings is 4. The number of nitrogens with zero attached hydrogens (tertiary/aromatic N) is 1. The van der Waals surface area contributed by atoms with Crippen molar-refractivity contribution in [3.05, 3.63) is 102 Å². The van der Waals surface area contributed by atoms with E-state index in [0.717, 1.165) is 32.7 Å². The number of carbonyl (C=O) groups excluding carboxylic acids is 1. The van der Waals surface area contributed by atoms with Crippen molar-refractivity contribution >= 4 is 39.5 Å². The molecule has 4 N–H and O–H groups in total. The molecule has 4 heteroatoms. The summed E-state index contributed by atoms with van der Waals surface area (Å²) in [5.74, 6) is -1.21. The Labute approximate surface area is 169 Å². The fourth-order valence-electron chi connectivity index (χ4n) is 3.53. The summed E-state index contributed by atoms with van der Waals surface area (Å²) in [5.41, 5.74) is 12.8. The van der Waals surface area contributed by atoms with Gasteiger partial charge in [0.25, 0.3) is 5.91 Å². The van der Waals surface area contributed by atoms with E-state index in [1.54, 1.807) is 0 Å². The van der Waals surface area contributed by atoms with Gasteiger partial charge in [-0.3, -0.25) is 4.79 Å². The van der Waals surface area contributed by atoms with E-state index in [1.165, 1.54) is 0 Å². The molecule has 142 valence electrons. The van der Waals surface area contributed by atoms with Gasteiger partial charge in [0.05, 0.1) is 5.92 Å². The molecule has 29 heavy (non-hydrogen) atoms. The quantitative estimate of drug-likeness (QED) is 0.402. The van der Waals surface area contributed by atoms with E-state index in [1.807, 2.05) is 78.9 Å². The molecule has 0 spiro atoms. The van der Waals surface area contributed by atoms with Gasteiger partial charge in [-0.05, 0) is 32.7 Å². The number of hydrogen-bond acceptors (Lipinski definition) is 1. The van der Waals surface area contributed by atoms with Crippen LogP contribution in [0.25, 0.3) is 27.6 Å². The Balaban J connectivity index is 1.78. The van der Waals surface area contributed by atoms with Crippen molar-refractivity contribution in [1.82, 2.24) is 0 Å². The Hall–Kier alpha value is -3.92. The fraction of sp³-hybridized carbons (Fsp3) is 0.0400. The highest BCUT2D eigenvalue weighted by Crippen LogP contribution is 2.26. The summed E-state index contributed by atoms with van der Waals surface area (Å²) in [7, 11) is 0. The lowest BCUT2D eigenvalue weighted by Gasteiger charge is -2.11. The summed E-state index contributed by atoms with van der Waals surface area (Å²) in [6.07, 6.45) is 3.82. The Kier molecular flexibility index (Phi) is 5.08. The Morgan fingerprint density at radius 2 is 1.48 bits per heavy atom. The third kappa shape index (κ3) is 4.01. The summed E-state index contributed by atoms with van der Waals surface area (Å²) in [4.78, 5) is 16.6. The summed E-state index contributed by atoms with van der Waals surface area (Å²) in [6, 6.07) is 28.2. The number of guanidine groups is 1. The van der Waals surface area contributed by atoms with Crippen LogP contribution in [0.5, 0.6) is 0 Å². The highest BCUT2D eigenvalue weighted by molar-refractivity contribution is 5.98. The zero-order chi connectivity index (χ0) is 20.2. The topological polar surface area (TPSA) is 81.5 Å². The highest BCUT2D eigenvalue weighted by Gasteiger charge is 2.18. The van der Waals surface area contributed by atoms with Crippen LogP contribution in [0, 0.1) is 0 Å². The first kappa shape index (κ1) is 18.4. The van der Waals surface area contributed by atoms with Crippen LogP contribution < -0.4 is 11.5 Å². The van der Waals surface area contributed by atoms with E-state index >= 15 is 0 Å². The van der Waals surface area contributed by atoms with Crippen molar-refractivity contribution < 1.29 is 4.79 Å². The maximum absolute atomic E-state index is 12.8. The van der Waals surface area contributed by atoms with Crippen molar-refractivity contribution in [2.24, 2.45) is 16.5 Å². The maximum atomic E-state index is 12.8. The Morgan fingerprint density at radius 1 is 0.793 bits per heavy atom. The second kappa shape index (κ2) is 7.98. The van der Waals surface area contributed by atoms with Gasteiger partial charge >= 0.3 is 0 Å². The molecule has 1 amide bonds. The molecule has 0 saturated carbocycles. The molecule has 0 radical (unpaired) electrons. The minimum Gasteiger partial charge on any atom is -0.370 e. The van der Waals surface area contributed by atoms with Gasteiger partial charge in [0.1, 0.15) is 0 Å². The standard InChI is InChI=1S/C25H21N3O/c26-25(27)28-24(29)23(21-13-12-17-6-1-2-8-20(17)16-21)15-14-19-10-5-9-18-7-3-4-11-22(18)19/h1-16,23H,(H4,26,27,28,29)/b15-14+. The van der Waals surface area contributed by atoms with Crippen LogP contribution in [0.4, 0.5) is 0 Å². The molecule has 4 nitrogen and oxygen atoms in total. The van der Waals surface area contributed by atoms with Gasteiger partial charge in [0.2, 0.25) is 0 Å². The molecule has 0 fully saturated rings. The van der Waals surface area contributed by atoms with Gasteiger partial charge in [-0.1, -0.05) is 97.1 Å². The van der Waals surface area contributed by atoms with Crippen molar-refractivity contribution in [3.8, 4) is 0 Å². The molecular weight excluding hydrogens is 358 g/mol. The van der Waals surface area contributed by atoms with E-state index in [9.17, 15) is 4.79 Å². The number of carbonyl (C=O) groups is 1. The zero-order valence-corrected chi connectivity index (χ0v) is 15.8. The van der Waals surface area contributed by atoms with E-state index < -0.39 is 11.8 Å². The molecular formula is C25H21N3O. The number of fused-ring (bicyclic) bond motifs is 2. The second-order valence-corrected chi connectivity index (χ2v) is 6.89. The van der Waals surface area contributed by atoms with Crippen LogP contribution in [0.15, 0.2) is 96.0 Å². The first-order valence-corrected chi connectivity index (χ1v) is 9.40. The van der Waals surface area contributed by atoms with Crippen LogP contribution in [0.3, 0.4) is 0 Å². The van der Waals surface area contributed by atoms with Crippen molar-refractivity contribution in [2.45, 2.75) is 5.92 Å². The van der Waals surface area contributed by atoms with Crippen LogP contribution in [-0.4, -0.2) is 11.9 Å². The Morgan fingerprint density at radius 3 is 2.28 bits per heavy atom. The lowest BCUT2D eigenvalue weighted by Crippen LogP contribution is -2.25. The molecule has 0 aliphatic heterocycles. The van der Waals surface area contributed by atoms with Gasteiger partial charge in [0, 0.05) is 0 Å². The predicted molar refractivity (Wildman–Crippen MR) is 120 cm³/mol. The van der Waals surface area contributed by atoms with Crippen molar-refractivity contribution in [2.75, 3.05) is 0 Å². The van der Waals surface area contributed by atoms with Crippen LogP contribution in [0.1, 0.15) is 17.0 Å². The average molecular weight is 379 g/mol. The maximum Gasteiger partial charge on any atom is 0.260 e. The van der Waals surface area contributed by atoms with E-state index in [0.29, 0.717) is 0 Å². The monoisotopic (exact) mass is 379 g/mol. The number of nitrogens with two attached hydrogens (primary N) is 2. The van der Waals surface area contributed by atoms with Gasteiger partial charge in [-0.2, -0.15) is 4.99 Å². The largest absolute Gasteiger partial charge is 0.370 e. The molecule has 1 atom stereocenters. The molecule has 4 rings (SSSR count). The number of amides is 1. The Bertz CT molecular complexity index is 1250. The number of aliphatic imine (C=N–C) groups is 1. The number of hydrogen-bond donors (Lipinski definition) is 2. The van der Waals surface area contributed by atoms with Crippen LogP contribution >= 0.6 is 0 Å². The van der Waals surface area contributed by atoms with Crippen molar-refractivity contribution in [3.63, 3.8) is 0 Å². The molecule has 4 aromatic carbocycles. The SMILES string of the molecule is NC(N)=NC(=O)C(/C=C/c1cccc2ccccc12)c1ccc2ccccc2c1. The van der Waals surface area contributed by atoms with Gasteiger partial charge in [-0.15, -0.1) is 0 Å². The first-order valence-electron chi connectivity index (χ1n) is 9.40. The third-order valence-corrected chi connectivity index (χ3v) is 4.93. The van der Waals surface area contributed by atoms with E-state index in [4.69, 9.17) is 11.5 Å². The molecule has 0 aliphatic carbocycles. The van der Waals surface area contributed by atoms with Gasteiger partial charge < -0.3 is 11.5 Å². The van der Waals surface area contributed by atoms with Crippen molar-refractivity contribution in [1.29, 1.82) is 0 Å². The molecule has 0 saturated heterocycles. The minimum atomic E-state index is -0.583.